The first kappa shape index (κ1) is 15.2. The normalized spacial score (nSPS) is 16.8. The van der Waals surface area contributed by atoms with Crippen LogP contribution in [0.15, 0.2) is 30.5 Å². The fourth-order valence-electron chi connectivity index (χ4n) is 3.71. The molecule has 2 aliphatic rings. The van der Waals surface area contributed by atoms with Crippen LogP contribution >= 0.6 is 0 Å². The summed E-state index contributed by atoms with van der Waals surface area (Å²) in [6.45, 7) is 5.51. The van der Waals surface area contributed by atoms with Crippen LogP contribution < -0.4 is 4.90 Å². The zero-order valence-electron chi connectivity index (χ0n) is 14.4. The van der Waals surface area contributed by atoms with Crippen LogP contribution in [0, 0.1) is 11.3 Å². The number of fused-ring (bicyclic) bond motifs is 1. The third kappa shape index (κ3) is 2.67. The number of hydrogen-bond donors (Lipinski definition) is 0. The molecular formula is C21H23N3. The van der Waals surface area contributed by atoms with Gasteiger partial charge in [-0.15, -0.1) is 0 Å². The van der Waals surface area contributed by atoms with Crippen molar-refractivity contribution in [2.45, 2.75) is 51.5 Å². The van der Waals surface area contributed by atoms with E-state index < -0.39 is 0 Å². The van der Waals surface area contributed by atoms with Crippen LogP contribution in [0.3, 0.4) is 0 Å². The molecule has 1 saturated carbocycles. The molecule has 1 aromatic carbocycles. The lowest BCUT2D eigenvalue weighted by Gasteiger charge is -2.35. The maximum Gasteiger partial charge on any atom is 0.0998 e. The Morgan fingerprint density at radius 3 is 2.71 bits per heavy atom. The number of anilines is 1. The minimum atomic E-state index is 0.459. The highest BCUT2D eigenvalue weighted by Crippen LogP contribution is 2.40. The Hall–Kier alpha value is -2.34. The van der Waals surface area contributed by atoms with E-state index >= 15 is 0 Å². The molecule has 2 aromatic rings. The van der Waals surface area contributed by atoms with Crippen LogP contribution in [-0.4, -0.2) is 17.6 Å². The van der Waals surface area contributed by atoms with Crippen molar-refractivity contribution in [2.24, 2.45) is 0 Å². The third-order valence-corrected chi connectivity index (χ3v) is 5.21. The minimum Gasteiger partial charge on any atom is -0.369 e. The van der Waals surface area contributed by atoms with Gasteiger partial charge in [-0.25, -0.2) is 0 Å². The van der Waals surface area contributed by atoms with Crippen LogP contribution in [0.2, 0.25) is 0 Å². The molecule has 4 rings (SSSR count). The van der Waals surface area contributed by atoms with Gasteiger partial charge in [-0.2, -0.15) is 5.26 Å². The summed E-state index contributed by atoms with van der Waals surface area (Å²) >= 11 is 0. The molecule has 0 unspecified atom stereocenters. The molecule has 122 valence electrons. The van der Waals surface area contributed by atoms with Crippen LogP contribution in [0.1, 0.15) is 55.8 Å². The third-order valence-electron chi connectivity index (χ3n) is 5.21. The maximum absolute atomic E-state index is 9.67. The van der Waals surface area contributed by atoms with E-state index in [1.54, 1.807) is 0 Å². The molecule has 3 nitrogen and oxygen atoms in total. The zero-order valence-corrected chi connectivity index (χ0v) is 14.4. The van der Waals surface area contributed by atoms with Gasteiger partial charge in [-0.1, -0.05) is 6.07 Å². The lowest BCUT2D eigenvalue weighted by atomic mass is 9.92. The Kier molecular flexibility index (Phi) is 3.76. The van der Waals surface area contributed by atoms with Crippen molar-refractivity contribution < 1.29 is 0 Å². The number of nitrogens with zero attached hydrogens (tertiary/aromatic N) is 3. The molecule has 1 fully saturated rings. The van der Waals surface area contributed by atoms with E-state index in [1.165, 1.54) is 36.2 Å². The highest BCUT2D eigenvalue weighted by molar-refractivity contribution is 5.76. The Morgan fingerprint density at radius 1 is 1.25 bits per heavy atom. The number of benzene rings is 1. The van der Waals surface area contributed by atoms with E-state index in [2.05, 4.69) is 54.1 Å². The fourth-order valence-corrected chi connectivity index (χ4v) is 3.71. The smallest absolute Gasteiger partial charge is 0.0998 e. The number of aromatic nitrogens is 1. The van der Waals surface area contributed by atoms with E-state index in [0.29, 0.717) is 12.0 Å². The molecule has 0 radical (unpaired) electrons. The van der Waals surface area contributed by atoms with Crippen molar-refractivity contribution >= 4 is 5.69 Å². The number of nitriles is 1. The first-order chi connectivity index (χ1) is 11.7. The van der Waals surface area contributed by atoms with E-state index in [-0.39, 0.29) is 0 Å². The monoisotopic (exact) mass is 317 g/mol. The average molecular weight is 317 g/mol. The summed E-state index contributed by atoms with van der Waals surface area (Å²) in [5.41, 5.74) is 6.62. The van der Waals surface area contributed by atoms with Gasteiger partial charge in [0.15, 0.2) is 0 Å². The molecule has 0 bridgehead atoms. The lowest BCUT2D eigenvalue weighted by Crippen LogP contribution is -2.35. The molecular weight excluding hydrogens is 294 g/mol. The molecule has 3 heteroatoms. The van der Waals surface area contributed by atoms with Crippen LogP contribution in [-0.2, 0) is 6.42 Å². The Bertz CT molecular complexity index is 795. The van der Waals surface area contributed by atoms with Gasteiger partial charge in [-0.05, 0) is 63.3 Å². The van der Waals surface area contributed by atoms with Gasteiger partial charge in [0, 0.05) is 47.2 Å². The molecule has 2 heterocycles. The highest BCUT2D eigenvalue weighted by Gasteiger charge is 2.25. The minimum absolute atomic E-state index is 0.459. The zero-order chi connectivity index (χ0) is 16.7. The Labute approximate surface area is 143 Å². The van der Waals surface area contributed by atoms with Crippen molar-refractivity contribution in [3.05, 3.63) is 47.3 Å². The molecule has 24 heavy (non-hydrogen) atoms. The summed E-state index contributed by atoms with van der Waals surface area (Å²) in [7, 11) is 0. The first-order valence-electron chi connectivity index (χ1n) is 8.97. The number of hydrogen-bond acceptors (Lipinski definition) is 3. The molecule has 0 amide bonds. The summed E-state index contributed by atoms with van der Waals surface area (Å²) in [6, 6.07) is 11.4. The lowest BCUT2D eigenvalue weighted by molar-refractivity contribution is 0.625. The fraction of sp³-hybridized carbons (Fsp3) is 0.429. The summed E-state index contributed by atoms with van der Waals surface area (Å²) < 4.78 is 0. The molecule has 1 aliphatic heterocycles. The van der Waals surface area contributed by atoms with E-state index in [4.69, 9.17) is 0 Å². The second kappa shape index (κ2) is 5.94. The summed E-state index contributed by atoms with van der Waals surface area (Å²) in [5.74, 6) is 0.664. The Morgan fingerprint density at radius 2 is 2.08 bits per heavy atom. The van der Waals surface area contributed by atoms with Crippen molar-refractivity contribution in [1.29, 1.82) is 5.26 Å². The predicted molar refractivity (Wildman–Crippen MR) is 97.2 cm³/mol. The van der Waals surface area contributed by atoms with Gasteiger partial charge >= 0.3 is 0 Å². The number of rotatable bonds is 3. The van der Waals surface area contributed by atoms with Gasteiger partial charge in [0.1, 0.15) is 0 Å². The van der Waals surface area contributed by atoms with Gasteiger partial charge in [-0.3, -0.25) is 4.98 Å². The van der Waals surface area contributed by atoms with Crippen molar-refractivity contribution in [3.63, 3.8) is 0 Å². The van der Waals surface area contributed by atoms with Crippen LogP contribution in [0.5, 0.6) is 0 Å². The largest absolute Gasteiger partial charge is 0.369 e. The predicted octanol–water partition coefficient (Wildman–Crippen LogP) is 4.66. The van der Waals surface area contributed by atoms with Gasteiger partial charge in [0.2, 0.25) is 0 Å². The highest BCUT2D eigenvalue weighted by atomic mass is 15.2. The summed E-state index contributed by atoms with van der Waals surface area (Å²) in [6.07, 6.45) is 6.73. The number of aryl methyl sites for hydroxylation is 1. The maximum atomic E-state index is 9.67. The van der Waals surface area contributed by atoms with Crippen LogP contribution in [0.25, 0.3) is 11.1 Å². The molecule has 0 N–H and O–H groups in total. The molecule has 1 aliphatic carbocycles. The molecule has 0 atom stereocenters. The first-order valence-corrected chi connectivity index (χ1v) is 8.97. The standard InChI is InChI=1S/C21H23N3/c1-14(2)24-9-3-4-16-10-19(18(12-22)11-21(16)24)17-7-8-20(23-13-17)15-5-6-15/h7-8,10-11,13-15H,3-6,9H2,1-2H3. The van der Waals surface area contributed by atoms with E-state index in [9.17, 15) is 5.26 Å². The summed E-state index contributed by atoms with van der Waals surface area (Å²) in [4.78, 5) is 7.04. The second-order valence-electron chi connectivity index (χ2n) is 7.28. The van der Waals surface area contributed by atoms with Crippen molar-refractivity contribution in [2.75, 3.05) is 11.4 Å². The average Bonchev–Trinajstić information content (AvgIpc) is 3.45. The van der Waals surface area contributed by atoms with Crippen molar-refractivity contribution in [3.8, 4) is 17.2 Å². The van der Waals surface area contributed by atoms with Gasteiger partial charge in [0.05, 0.1) is 11.6 Å². The van der Waals surface area contributed by atoms with Gasteiger partial charge in [0.25, 0.3) is 0 Å². The summed E-state index contributed by atoms with van der Waals surface area (Å²) in [5, 5.41) is 9.67. The topological polar surface area (TPSA) is 39.9 Å². The Balaban J connectivity index is 1.77. The van der Waals surface area contributed by atoms with E-state index in [0.717, 1.165) is 29.7 Å². The quantitative estimate of drug-likeness (QED) is 0.826. The SMILES string of the molecule is CC(C)N1CCCc2cc(-c3ccc(C4CC4)nc3)c(C#N)cc21. The molecule has 0 spiro atoms. The van der Waals surface area contributed by atoms with Crippen LogP contribution in [0.4, 0.5) is 5.69 Å². The van der Waals surface area contributed by atoms with Gasteiger partial charge < -0.3 is 4.90 Å². The molecule has 0 saturated heterocycles. The van der Waals surface area contributed by atoms with E-state index in [1.807, 2.05) is 6.20 Å². The molecule has 1 aromatic heterocycles. The second-order valence-corrected chi connectivity index (χ2v) is 7.28. The number of pyridine rings is 1. The van der Waals surface area contributed by atoms with Crippen molar-refractivity contribution in [1.82, 2.24) is 4.98 Å².